The fourth-order valence-electron chi connectivity index (χ4n) is 12.5. The summed E-state index contributed by atoms with van der Waals surface area (Å²) in [7, 11) is 0. The zero-order chi connectivity index (χ0) is 30.5. The van der Waals surface area contributed by atoms with Crippen molar-refractivity contribution in [1.82, 2.24) is 0 Å². The lowest BCUT2D eigenvalue weighted by molar-refractivity contribution is -0.248. The van der Waals surface area contributed by atoms with E-state index in [4.69, 9.17) is 4.74 Å². The molecule has 0 bridgehead atoms. The molecule has 0 spiro atoms. The minimum atomic E-state index is -0.573. The zero-order valence-electron chi connectivity index (χ0n) is 26.6. The Morgan fingerprint density at radius 1 is 0.857 bits per heavy atom. The molecule has 0 amide bonds. The van der Waals surface area contributed by atoms with Gasteiger partial charge < -0.3 is 9.84 Å². The van der Waals surface area contributed by atoms with Gasteiger partial charge in [-0.05, 0) is 141 Å². The minimum absolute atomic E-state index is 0.0938. The third-order valence-electron chi connectivity index (χ3n) is 14.8. The smallest absolute Gasteiger partial charge is 0.338 e. The molecule has 5 heteroatoms. The first-order chi connectivity index (χ1) is 19.6. The van der Waals surface area contributed by atoms with Gasteiger partial charge in [-0.1, -0.05) is 62.7 Å². The van der Waals surface area contributed by atoms with Gasteiger partial charge in [0.05, 0.1) is 11.0 Å². The molecule has 5 fully saturated rings. The lowest BCUT2D eigenvalue weighted by Crippen LogP contribution is -2.67. The molecule has 1 aromatic carbocycles. The topological polar surface area (TPSA) is 63.6 Å². The summed E-state index contributed by atoms with van der Waals surface area (Å²) in [4.78, 5) is 26.1. The molecule has 0 radical (unpaired) electrons. The Bertz CT molecular complexity index is 1280. The van der Waals surface area contributed by atoms with Crippen molar-refractivity contribution in [2.45, 2.75) is 112 Å². The van der Waals surface area contributed by atoms with Crippen molar-refractivity contribution in [1.29, 1.82) is 0 Å². The van der Waals surface area contributed by atoms with Gasteiger partial charge in [0, 0.05) is 9.89 Å². The number of halogens is 1. The molecule has 5 aliphatic carbocycles. The second kappa shape index (κ2) is 9.94. The monoisotopic (exact) mass is 638 g/mol. The Balaban J connectivity index is 1.29. The summed E-state index contributed by atoms with van der Waals surface area (Å²) in [6.45, 7) is 18.9. The molecule has 5 aliphatic rings. The predicted molar refractivity (Wildman–Crippen MR) is 170 cm³/mol. The summed E-state index contributed by atoms with van der Waals surface area (Å²) in [5.41, 5.74) is 1.59. The van der Waals surface area contributed by atoms with Crippen LogP contribution in [0.1, 0.15) is 116 Å². The maximum absolute atomic E-state index is 13.2. The highest BCUT2D eigenvalue weighted by molar-refractivity contribution is 9.10. The summed E-state index contributed by atoms with van der Waals surface area (Å²) in [5, 5.41) is 10.6. The summed E-state index contributed by atoms with van der Waals surface area (Å²) >= 11 is 3.46. The van der Waals surface area contributed by atoms with Crippen molar-refractivity contribution in [3.05, 3.63) is 46.5 Å². The van der Waals surface area contributed by atoms with Crippen LogP contribution in [0.5, 0.6) is 0 Å². The molecular weight excluding hydrogens is 588 g/mol. The number of hydrogen-bond acceptors (Lipinski definition) is 3. The summed E-state index contributed by atoms with van der Waals surface area (Å²) in [6, 6.07) is 7.47. The third kappa shape index (κ3) is 4.03. The van der Waals surface area contributed by atoms with Crippen molar-refractivity contribution >= 4 is 27.9 Å². The van der Waals surface area contributed by atoms with Crippen LogP contribution in [0.3, 0.4) is 0 Å². The van der Waals surface area contributed by atoms with Crippen LogP contribution in [0.4, 0.5) is 0 Å². The van der Waals surface area contributed by atoms with E-state index in [0.29, 0.717) is 29.2 Å². The van der Waals surface area contributed by atoms with Gasteiger partial charge >= 0.3 is 11.9 Å². The van der Waals surface area contributed by atoms with Crippen LogP contribution in [-0.2, 0) is 9.53 Å². The van der Waals surface area contributed by atoms with E-state index >= 15 is 0 Å². The highest BCUT2D eigenvalue weighted by Crippen LogP contribution is 2.77. The molecule has 0 unspecified atom stereocenters. The molecule has 5 saturated carbocycles. The van der Waals surface area contributed by atoms with Gasteiger partial charge in [-0.15, -0.1) is 0 Å². The molecule has 230 valence electrons. The highest BCUT2D eigenvalue weighted by Gasteiger charge is 2.72. The quantitative estimate of drug-likeness (QED) is 0.263. The average molecular weight is 640 g/mol. The number of rotatable bonds is 4. The molecule has 4 nitrogen and oxygen atoms in total. The van der Waals surface area contributed by atoms with E-state index in [1.165, 1.54) is 18.4 Å². The molecule has 0 heterocycles. The van der Waals surface area contributed by atoms with Gasteiger partial charge in [-0.2, -0.15) is 0 Å². The summed E-state index contributed by atoms with van der Waals surface area (Å²) < 4.78 is 7.25. The number of hydrogen-bond donors (Lipinski definition) is 1. The van der Waals surface area contributed by atoms with Gasteiger partial charge in [0.15, 0.2) is 0 Å². The molecule has 42 heavy (non-hydrogen) atoms. The van der Waals surface area contributed by atoms with E-state index in [-0.39, 0.29) is 39.7 Å². The van der Waals surface area contributed by atoms with Crippen LogP contribution in [0, 0.1) is 56.7 Å². The molecule has 0 aromatic heterocycles. The van der Waals surface area contributed by atoms with E-state index in [9.17, 15) is 14.7 Å². The van der Waals surface area contributed by atoms with Crippen molar-refractivity contribution < 1.29 is 19.4 Å². The maximum Gasteiger partial charge on any atom is 0.338 e. The molecule has 0 saturated heterocycles. The minimum Gasteiger partial charge on any atom is -0.481 e. The molecule has 1 aromatic rings. The van der Waals surface area contributed by atoms with E-state index in [2.05, 4.69) is 64.1 Å². The number of esters is 1. The first-order valence-electron chi connectivity index (χ1n) is 16.5. The van der Waals surface area contributed by atoms with Crippen LogP contribution < -0.4 is 0 Å². The highest BCUT2D eigenvalue weighted by atomic mass is 79.9. The SMILES string of the molecule is C=C(C)[C@@H]1CC[C@]2(C(=O)O)CC[C@]3(C)[C@H](CC[C@@H]4[C@@]5(C)CC[C@H](OC(=O)c6ccc(Br)cc6)C(C)(C)[C@@H]5CC[C@]43C)[C@@H]12. The van der Waals surface area contributed by atoms with Gasteiger partial charge in [0.1, 0.15) is 6.10 Å². The Morgan fingerprint density at radius 3 is 2.19 bits per heavy atom. The Hall–Kier alpha value is -1.62. The molecule has 10 atom stereocenters. The van der Waals surface area contributed by atoms with E-state index in [1.54, 1.807) is 0 Å². The molecule has 6 rings (SSSR count). The lowest BCUT2D eigenvalue weighted by Gasteiger charge is -2.72. The number of benzene rings is 1. The van der Waals surface area contributed by atoms with Crippen molar-refractivity contribution in [2.24, 2.45) is 56.7 Å². The van der Waals surface area contributed by atoms with Crippen LogP contribution in [0.25, 0.3) is 0 Å². The Morgan fingerprint density at radius 2 is 1.55 bits per heavy atom. The summed E-state index contributed by atoms with van der Waals surface area (Å²) in [5.74, 6) is 1.27. The second-order valence-electron chi connectivity index (χ2n) is 16.4. The largest absolute Gasteiger partial charge is 0.481 e. The van der Waals surface area contributed by atoms with Crippen LogP contribution >= 0.6 is 15.9 Å². The number of carbonyl (C=O) groups is 2. The standard InChI is InChI=1S/C37H51BrO4/c1-22(2)25-14-19-37(32(40)41)21-20-35(6)26(30(25)37)12-13-28-34(5)17-16-29(33(3,4)27(34)15-18-36(28,35)7)42-31(39)23-8-10-24(38)11-9-23/h8-11,25-30H,1,12-21H2,2-7H3,(H,40,41)/t25-,26+,27-,28+,29-,30+,34-,35+,36+,37-/m0/s1. The fraction of sp³-hybridized carbons (Fsp3) is 0.730. The summed E-state index contributed by atoms with van der Waals surface area (Å²) in [6.07, 6.45) is 10.1. The zero-order valence-corrected chi connectivity index (χ0v) is 28.2. The number of carboxylic acid groups (broad SMARTS) is 1. The fourth-order valence-corrected chi connectivity index (χ4v) is 12.7. The number of allylic oxidation sites excluding steroid dienone is 1. The first-order valence-corrected chi connectivity index (χ1v) is 17.3. The number of fused-ring (bicyclic) bond motifs is 7. The van der Waals surface area contributed by atoms with E-state index in [0.717, 1.165) is 55.8 Å². The molecular formula is C37H51BrO4. The third-order valence-corrected chi connectivity index (χ3v) is 15.3. The number of ether oxygens (including phenoxy) is 1. The number of carboxylic acids is 1. The van der Waals surface area contributed by atoms with Gasteiger partial charge in [-0.3, -0.25) is 4.79 Å². The van der Waals surface area contributed by atoms with Crippen molar-refractivity contribution in [3.63, 3.8) is 0 Å². The van der Waals surface area contributed by atoms with E-state index < -0.39 is 11.4 Å². The number of carbonyl (C=O) groups excluding carboxylic acids is 1. The Kier molecular flexibility index (Phi) is 7.20. The van der Waals surface area contributed by atoms with Gasteiger partial charge in [0.25, 0.3) is 0 Å². The predicted octanol–water partition coefficient (Wildman–Crippen LogP) is 9.72. The second-order valence-corrected chi connectivity index (χ2v) is 17.3. The molecule has 0 aliphatic heterocycles. The van der Waals surface area contributed by atoms with Crippen molar-refractivity contribution in [3.8, 4) is 0 Å². The number of aliphatic carboxylic acids is 1. The molecule has 1 N–H and O–H groups in total. The van der Waals surface area contributed by atoms with Gasteiger partial charge in [-0.25, -0.2) is 4.79 Å². The van der Waals surface area contributed by atoms with Crippen molar-refractivity contribution in [2.75, 3.05) is 0 Å². The average Bonchev–Trinajstić information content (AvgIpc) is 3.33. The normalized spacial score (nSPS) is 45.5. The van der Waals surface area contributed by atoms with Gasteiger partial charge in [0.2, 0.25) is 0 Å². The maximum atomic E-state index is 13.2. The van der Waals surface area contributed by atoms with Crippen LogP contribution in [0.2, 0.25) is 0 Å². The first kappa shape index (κ1) is 30.4. The van der Waals surface area contributed by atoms with E-state index in [1.807, 2.05) is 24.3 Å². The lowest BCUT2D eigenvalue weighted by atomic mass is 9.32. The van der Waals surface area contributed by atoms with Crippen LogP contribution in [-0.4, -0.2) is 23.1 Å². The van der Waals surface area contributed by atoms with Crippen LogP contribution in [0.15, 0.2) is 40.9 Å². The Labute approximate surface area is 261 Å².